The molecule has 0 bridgehead atoms. The van der Waals surface area contributed by atoms with Crippen molar-refractivity contribution in [1.29, 1.82) is 0 Å². The van der Waals surface area contributed by atoms with E-state index in [0.29, 0.717) is 5.92 Å². The van der Waals surface area contributed by atoms with Crippen LogP contribution in [0, 0.1) is 0 Å². The maximum absolute atomic E-state index is 4.49. The van der Waals surface area contributed by atoms with E-state index in [1.54, 1.807) is 0 Å². The zero-order chi connectivity index (χ0) is 8.67. The lowest BCUT2D eigenvalue weighted by Gasteiger charge is -2.29. The molecule has 1 saturated heterocycles. The van der Waals surface area contributed by atoms with Gasteiger partial charge >= 0.3 is 0 Å². The fourth-order valence-corrected chi connectivity index (χ4v) is 1.66. The largest absolute Gasteiger partial charge is 0.296 e. The smallest absolute Gasteiger partial charge is 0.153 e. The van der Waals surface area contributed by atoms with Gasteiger partial charge in [-0.2, -0.15) is 5.10 Å². The van der Waals surface area contributed by atoms with Gasteiger partial charge in [-0.25, -0.2) is 4.98 Å². The Balaban J connectivity index is 1.66. The number of nitrogens with zero attached hydrogens (tertiary/aromatic N) is 3. The second-order valence-corrected chi connectivity index (χ2v) is 4.04. The van der Waals surface area contributed by atoms with Crippen molar-refractivity contribution in [2.24, 2.45) is 0 Å². The van der Waals surface area contributed by atoms with E-state index in [-0.39, 0.29) is 0 Å². The third-order valence-electron chi connectivity index (χ3n) is 2.81. The van der Waals surface area contributed by atoms with Crippen LogP contribution in [-0.2, 0) is 6.54 Å². The molecular weight excluding hydrogens is 164 g/mol. The number of nitrogens with one attached hydrogen (secondary N) is 1. The number of rotatable bonds is 3. The summed E-state index contributed by atoms with van der Waals surface area (Å²) in [6.45, 7) is 3.40. The number of aromatic nitrogens is 3. The predicted molar refractivity (Wildman–Crippen MR) is 48.3 cm³/mol. The van der Waals surface area contributed by atoms with E-state index in [1.807, 2.05) is 0 Å². The third kappa shape index (κ3) is 1.46. The average Bonchev–Trinajstić information content (AvgIpc) is 2.80. The van der Waals surface area contributed by atoms with Crippen LogP contribution in [0.1, 0.15) is 36.8 Å². The first-order valence-electron chi connectivity index (χ1n) is 5.05. The Hall–Kier alpha value is -0.900. The summed E-state index contributed by atoms with van der Waals surface area (Å²) in [6, 6.07) is 0. The van der Waals surface area contributed by atoms with Gasteiger partial charge in [-0.05, 0) is 32.4 Å². The number of hydrogen-bond donors (Lipinski definition) is 1. The highest BCUT2D eigenvalue weighted by atomic mass is 15.3. The minimum Gasteiger partial charge on any atom is -0.296 e. The first-order valence-corrected chi connectivity index (χ1v) is 5.05. The average molecular weight is 178 g/mol. The fraction of sp³-hybridized carbons (Fsp3) is 0.778. The van der Waals surface area contributed by atoms with Crippen LogP contribution < -0.4 is 0 Å². The van der Waals surface area contributed by atoms with Crippen molar-refractivity contribution >= 4 is 0 Å². The molecule has 1 N–H and O–H groups in total. The van der Waals surface area contributed by atoms with E-state index in [1.165, 1.54) is 32.4 Å². The molecule has 4 heteroatoms. The maximum atomic E-state index is 4.49. The summed E-state index contributed by atoms with van der Waals surface area (Å²) in [5.41, 5.74) is 0. The molecule has 1 aliphatic carbocycles. The second kappa shape index (κ2) is 2.80. The minimum absolute atomic E-state index is 0.668. The molecule has 2 heterocycles. The van der Waals surface area contributed by atoms with Crippen LogP contribution in [0.3, 0.4) is 0 Å². The van der Waals surface area contributed by atoms with Crippen molar-refractivity contribution in [2.45, 2.75) is 31.7 Å². The quantitative estimate of drug-likeness (QED) is 0.747. The Morgan fingerprint density at radius 1 is 1.38 bits per heavy atom. The summed E-state index contributed by atoms with van der Waals surface area (Å²) in [4.78, 5) is 6.87. The van der Waals surface area contributed by atoms with Gasteiger partial charge in [0.15, 0.2) is 5.82 Å². The molecule has 2 fully saturated rings. The van der Waals surface area contributed by atoms with E-state index in [0.717, 1.165) is 18.2 Å². The normalized spacial score (nSPS) is 23.1. The van der Waals surface area contributed by atoms with Crippen LogP contribution in [0.25, 0.3) is 0 Å². The van der Waals surface area contributed by atoms with E-state index in [9.17, 15) is 0 Å². The summed E-state index contributed by atoms with van der Waals surface area (Å²) in [5, 5.41) is 7.25. The van der Waals surface area contributed by atoms with Gasteiger partial charge < -0.3 is 0 Å². The molecule has 70 valence electrons. The Morgan fingerprint density at radius 2 is 2.23 bits per heavy atom. The van der Waals surface area contributed by atoms with Crippen LogP contribution in [-0.4, -0.2) is 33.2 Å². The number of hydrogen-bond acceptors (Lipinski definition) is 3. The highest BCUT2D eigenvalue weighted by Crippen LogP contribution is 2.37. The van der Waals surface area contributed by atoms with Crippen molar-refractivity contribution in [3.8, 4) is 0 Å². The molecule has 4 nitrogen and oxygen atoms in total. The Kier molecular flexibility index (Phi) is 1.62. The molecule has 0 unspecified atom stereocenters. The molecule has 0 atom stereocenters. The molecule has 1 aromatic rings. The maximum Gasteiger partial charge on any atom is 0.153 e. The Bertz CT molecular complexity index is 298. The number of aromatic amines is 1. The standard InChI is InChI=1S/C9H14N4/c1-4-13(5-1)6-8-10-9(12-11-8)7-2-3-7/h7H,1-6H2,(H,10,11,12). The first kappa shape index (κ1) is 7.50. The van der Waals surface area contributed by atoms with Crippen molar-refractivity contribution in [3.63, 3.8) is 0 Å². The summed E-state index contributed by atoms with van der Waals surface area (Å²) < 4.78 is 0. The predicted octanol–water partition coefficient (Wildman–Crippen LogP) is 0.888. The first-order chi connectivity index (χ1) is 6.42. The summed E-state index contributed by atoms with van der Waals surface area (Å²) in [5.74, 6) is 2.75. The molecule has 0 aromatic carbocycles. The molecule has 2 aliphatic rings. The highest BCUT2D eigenvalue weighted by Gasteiger charge is 2.28. The van der Waals surface area contributed by atoms with Gasteiger partial charge in [-0.3, -0.25) is 10.00 Å². The zero-order valence-electron chi connectivity index (χ0n) is 7.66. The van der Waals surface area contributed by atoms with Gasteiger partial charge in [0.25, 0.3) is 0 Å². The van der Waals surface area contributed by atoms with Gasteiger partial charge in [0.05, 0.1) is 6.54 Å². The lowest BCUT2D eigenvalue weighted by atomic mass is 10.2. The zero-order valence-corrected chi connectivity index (χ0v) is 7.66. The van der Waals surface area contributed by atoms with Gasteiger partial charge in [0, 0.05) is 5.92 Å². The molecule has 1 aliphatic heterocycles. The van der Waals surface area contributed by atoms with E-state index >= 15 is 0 Å². The van der Waals surface area contributed by atoms with Crippen molar-refractivity contribution < 1.29 is 0 Å². The highest BCUT2D eigenvalue weighted by molar-refractivity contribution is 5.05. The van der Waals surface area contributed by atoms with Crippen molar-refractivity contribution in [2.75, 3.05) is 13.1 Å². The monoisotopic (exact) mass is 178 g/mol. The minimum atomic E-state index is 0.668. The fourth-order valence-electron chi connectivity index (χ4n) is 1.66. The van der Waals surface area contributed by atoms with Crippen LogP contribution in [0.5, 0.6) is 0 Å². The van der Waals surface area contributed by atoms with Crippen LogP contribution in [0.15, 0.2) is 0 Å². The van der Waals surface area contributed by atoms with E-state index in [4.69, 9.17) is 0 Å². The Morgan fingerprint density at radius 3 is 2.85 bits per heavy atom. The van der Waals surface area contributed by atoms with Gasteiger partial charge in [0.2, 0.25) is 0 Å². The molecule has 0 spiro atoms. The van der Waals surface area contributed by atoms with Crippen LogP contribution >= 0.6 is 0 Å². The molecule has 1 aromatic heterocycles. The molecular formula is C9H14N4. The van der Waals surface area contributed by atoms with Gasteiger partial charge in [-0.15, -0.1) is 0 Å². The molecule has 0 amide bonds. The van der Waals surface area contributed by atoms with Gasteiger partial charge in [0.1, 0.15) is 5.82 Å². The Labute approximate surface area is 77.4 Å². The van der Waals surface area contributed by atoms with E-state index < -0.39 is 0 Å². The summed E-state index contributed by atoms with van der Waals surface area (Å²) in [6.07, 6.45) is 3.89. The number of H-pyrrole nitrogens is 1. The summed E-state index contributed by atoms with van der Waals surface area (Å²) in [7, 11) is 0. The molecule has 1 saturated carbocycles. The second-order valence-electron chi connectivity index (χ2n) is 4.04. The SMILES string of the molecule is C1CN(Cc2nc(C3CC3)n[nH]2)C1. The lowest BCUT2D eigenvalue weighted by Crippen LogP contribution is -2.36. The van der Waals surface area contributed by atoms with Crippen molar-refractivity contribution in [1.82, 2.24) is 20.1 Å². The topological polar surface area (TPSA) is 44.8 Å². The van der Waals surface area contributed by atoms with E-state index in [2.05, 4.69) is 20.1 Å². The van der Waals surface area contributed by atoms with Crippen LogP contribution in [0.2, 0.25) is 0 Å². The van der Waals surface area contributed by atoms with Crippen LogP contribution in [0.4, 0.5) is 0 Å². The van der Waals surface area contributed by atoms with Gasteiger partial charge in [-0.1, -0.05) is 0 Å². The molecule has 13 heavy (non-hydrogen) atoms. The molecule has 3 rings (SSSR count). The third-order valence-corrected chi connectivity index (χ3v) is 2.81. The molecule has 0 radical (unpaired) electrons. The summed E-state index contributed by atoms with van der Waals surface area (Å²) >= 11 is 0. The van der Waals surface area contributed by atoms with Crippen molar-refractivity contribution in [3.05, 3.63) is 11.6 Å². The lowest BCUT2D eigenvalue weighted by molar-refractivity contribution is 0.168. The number of likely N-dealkylation sites (tertiary alicyclic amines) is 1.